The number of ether oxygens (including phenoxy) is 4. The number of rotatable bonds is 10. The van der Waals surface area contributed by atoms with Crippen molar-refractivity contribution in [3.63, 3.8) is 0 Å². The first-order valence-corrected chi connectivity index (χ1v) is 12.3. The number of carbonyl (C=O) groups is 3. The number of amides is 1. The number of anilines is 1. The molecule has 0 fully saturated rings. The Bertz CT molecular complexity index is 1230. The van der Waals surface area contributed by atoms with E-state index < -0.39 is 29.6 Å². The number of hydrogen-bond acceptors (Lipinski definition) is 7. The number of nitrogens with zero attached hydrogens (tertiary/aromatic N) is 1. The molecule has 1 amide bonds. The quantitative estimate of drug-likeness (QED) is 0.335. The molecule has 10 heteroatoms. The Balaban J connectivity index is 2.19. The van der Waals surface area contributed by atoms with E-state index in [2.05, 4.69) is 0 Å². The normalized spacial score (nSPS) is 17.6. The summed E-state index contributed by atoms with van der Waals surface area (Å²) in [7, 11) is 3.04. The zero-order chi connectivity index (χ0) is 28.0. The van der Waals surface area contributed by atoms with E-state index in [1.54, 1.807) is 35.2 Å². The molecular weight excluding hydrogens is 514 g/mol. The van der Waals surface area contributed by atoms with Gasteiger partial charge in [-0.2, -0.15) is 0 Å². The van der Waals surface area contributed by atoms with Crippen LogP contribution in [-0.2, 0) is 23.9 Å². The second-order valence-corrected chi connectivity index (χ2v) is 10.1. The number of methoxy groups -OCH3 is 2. The van der Waals surface area contributed by atoms with Crippen LogP contribution in [0.5, 0.6) is 11.5 Å². The number of carbonyl (C=O) groups excluding carboxylic acids is 2. The van der Waals surface area contributed by atoms with E-state index in [9.17, 15) is 14.4 Å². The molecule has 1 aliphatic heterocycles. The van der Waals surface area contributed by atoms with Gasteiger partial charge in [0.1, 0.15) is 12.2 Å². The molecule has 9 nitrogen and oxygen atoms in total. The molecule has 1 N–H and O–H groups in total. The van der Waals surface area contributed by atoms with Crippen molar-refractivity contribution >= 4 is 35.1 Å². The molecule has 1 aliphatic rings. The highest BCUT2D eigenvalue weighted by Crippen LogP contribution is 2.45. The summed E-state index contributed by atoms with van der Waals surface area (Å²) in [6.07, 6.45) is 0.526. The predicted octanol–water partition coefficient (Wildman–Crippen LogP) is 4.80. The van der Waals surface area contributed by atoms with E-state index in [4.69, 9.17) is 35.7 Å². The van der Waals surface area contributed by atoms with Crippen LogP contribution in [0, 0.1) is 5.41 Å². The lowest BCUT2D eigenvalue weighted by molar-refractivity contribution is -0.143. The third-order valence-electron chi connectivity index (χ3n) is 5.98. The van der Waals surface area contributed by atoms with Gasteiger partial charge in [0.25, 0.3) is 5.91 Å². The van der Waals surface area contributed by atoms with Gasteiger partial charge in [0.15, 0.2) is 11.5 Å². The van der Waals surface area contributed by atoms with Crippen LogP contribution in [0.1, 0.15) is 44.4 Å². The van der Waals surface area contributed by atoms with Crippen LogP contribution in [0.2, 0.25) is 5.02 Å². The van der Waals surface area contributed by atoms with Gasteiger partial charge >= 0.3 is 11.9 Å². The third-order valence-corrected chi connectivity index (χ3v) is 6.22. The van der Waals surface area contributed by atoms with Gasteiger partial charge in [-0.05, 0) is 24.3 Å². The number of carboxylic acids is 1. The Morgan fingerprint density at radius 2 is 1.89 bits per heavy atom. The predicted molar refractivity (Wildman–Crippen MR) is 142 cm³/mol. The Morgan fingerprint density at radius 3 is 2.53 bits per heavy atom. The van der Waals surface area contributed by atoms with Crippen molar-refractivity contribution in [2.75, 3.05) is 32.3 Å². The molecule has 0 bridgehead atoms. The minimum Gasteiger partial charge on any atom is -0.493 e. The second kappa shape index (κ2) is 12.3. The van der Waals surface area contributed by atoms with E-state index in [-0.39, 0.29) is 25.5 Å². The van der Waals surface area contributed by atoms with E-state index in [1.165, 1.54) is 27.2 Å². The van der Waals surface area contributed by atoms with Gasteiger partial charge in [0.05, 0.1) is 20.8 Å². The van der Waals surface area contributed by atoms with Gasteiger partial charge in [-0.15, -0.1) is 0 Å². The van der Waals surface area contributed by atoms with Gasteiger partial charge in [0, 0.05) is 53.2 Å². The Labute approximate surface area is 226 Å². The zero-order valence-corrected chi connectivity index (χ0v) is 22.8. The summed E-state index contributed by atoms with van der Waals surface area (Å²) in [5, 5.41) is 9.53. The molecule has 0 aliphatic carbocycles. The van der Waals surface area contributed by atoms with Crippen molar-refractivity contribution in [2.24, 2.45) is 5.41 Å². The van der Waals surface area contributed by atoms with Crippen molar-refractivity contribution < 1.29 is 38.4 Å². The molecule has 0 saturated heterocycles. The summed E-state index contributed by atoms with van der Waals surface area (Å²) in [4.78, 5) is 38.1. The number of hydrogen-bond donors (Lipinski definition) is 1. The molecule has 0 spiro atoms. The van der Waals surface area contributed by atoms with Crippen LogP contribution in [0.4, 0.5) is 5.69 Å². The van der Waals surface area contributed by atoms with Crippen LogP contribution >= 0.6 is 11.6 Å². The molecule has 2 aromatic carbocycles. The number of carboxylic acid groups (broad SMARTS) is 1. The molecule has 0 aromatic heterocycles. The van der Waals surface area contributed by atoms with Gasteiger partial charge < -0.3 is 29.0 Å². The van der Waals surface area contributed by atoms with E-state index in [0.717, 1.165) is 6.08 Å². The van der Waals surface area contributed by atoms with Gasteiger partial charge in [-0.1, -0.05) is 43.7 Å². The van der Waals surface area contributed by atoms with Crippen molar-refractivity contribution in [2.45, 2.75) is 39.4 Å². The molecule has 2 atom stereocenters. The maximum atomic E-state index is 14.0. The average Bonchev–Trinajstić information content (AvgIpc) is 2.97. The van der Waals surface area contributed by atoms with Crippen LogP contribution in [0.25, 0.3) is 0 Å². The number of esters is 1. The number of benzene rings is 2. The maximum Gasteiger partial charge on any atom is 0.327 e. The highest BCUT2D eigenvalue weighted by molar-refractivity contribution is 6.30. The molecule has 204 valence electrons. The molecule has 3 rings (SSSR count). The lowest BCUT2D eigenvalue weighted by Gasteiger charge is -2.33. The van der Waals surface area contributed by atoms with E-state index in [1.807, 2.05) is 19.9 Å². The minimum atomic E-state index is -1.13. The fourth-order valence-corrected chi connectivity index (χ4v) is 4.49. The first-order chi connectivity index (χ1) is 18.0. The first-order valence-electron chi connectivity index (χ1n) is 12.0. The minimum absolute atomic E-state index is 0.0104. The smallest absolute Gasteiger partial charge is 0.327 e. The maximum absolute atomic E-state index is 14.0. The topological polar surface area (TPSA) is 112 Å². The van der Waals surface area contributed by atoms with Crippen LogP contribution in [0.3, 0.4) is 0 Å². The lowest BCUT2D eigenvalue weighted by Crippen LogP contribution is -2.45. The Kier molecular flexibility index (Phi) is 9.40. The lowest BCUT2D eigenvalue weighted by atomic mass is 9.92. The molecule has 0 unspecified atom stereocenters. The number of fused-ring (bicyclic) bond motifs is 1. The van der Waals surface area contributed by atoms with E-state index in [0.29, 0.717) is 33.3 Å². The van der Waals surface area contributed by atoms with Crippen molar-refractivity contribution in [1.82, 2.24) is 0 Å². The first kappa shape index (κ1) is 29.0. The molecule has 1 heterocycles. The molecule has 2 aromatic rings. The van der Waals surface area contributed by atoms with Gasteiger partial charge in [-0.25, -0.2) is 4.79 Å². The molecule has 38 heavy (non-hydrogen) atoms. The number of aliphatic carboxylic acids is 1. The monoisotopic (exact) mass is 545 g/mol. The summed E-state index contributed by atoms with van der Waals surface area (Å²) >= 11 is 6.42. The average molecular weight is 546 g/mol. The third kappa shape index (κ3) is 6.85. The van der Waals surface area contributed by atoms with Crippen LogP contribution < -0.4 is 14.4 Å². The SMILES string of the molecule is COc1cccc([C@H]2O[C@H](C/C=C/C(=O)O)C(=O)N(CC(C)(C)COC(C)=O)c3ccc(Cl)cc32)c1OC. The summed E-state index contributed by atoms with van der Waals surface area (Å²) < 4.78 is 22.8. The molecular formula is C28H32ClNO8. The Hall–Kier alpha value is -3.56. The van der Waals surface area contributed by atoms with Crippen LogP contribution in [-0.4, -0.2) is 56.4 Å². The zero-order valence-electron chi connectivity index (χ0n) is 22.0. The van der Waals surface area contributed by atoms with Crippen molar-refractivity contribution in [3.05, 3.63) is 64.7 Å². The van der Waals surface area contributed by atoms with E-state index >= 15 is 0 Å². The fourth-order valence-electron chi connectivity index (χ4n) is 4.31. The Morgan fingerprint density at radius 1 is 1.16 bits per heavy atom. The van der Waals surface area contributed by atoms with Gasteiger partial charge in [-0.3, -0.25) is 9.59 Å². The number of para-hydroxylation sites is 1. The fraction of sp³-hybridized carbons (Fsp3) is 0.393. The largest absolute Gasteiger partial charge is 0.493 e. The van der Waals surface area contributed by atoms with Crippen molar-refractivity contribution in [3.8, 4) is 11.5 Å². The summed E-state index contributed by atoms with van der Waals surface area (Å²) in [5.74, 6) is -1.01. The number of halogens is 1. The van der Waals surface area contributed by atoms with Crippen LogP contribution in [0.15, 0.2) is 48.6 Å². The van der Waals surface area contributed by atoms with Crippen molar-refractivity contribution in [1.29, 1.82) is 0 Å². The highest BCUT2D eigenvalue weighted by Gasteiger charge is 2.39. The molecule has 0 radical (unpaired) electrons. The van der Waals surface area contributed by atoms with Gasteiger partial charge in [0.2, 0.25) is 0 Å². The summed E-state index contributed by atoms with van der Waals surface area (Å²) in [6.45, 7) is 5.37. The summed E-state index contributed by atoms with van der Waals surface area (Å²) in [5.41, 5.74) is 1.17. The standard InChI is InChI=1S/C28H32ClNO8/c1-17(31)37-16-28(2,3)15-30-21-13-12-18(29)14-20(21)25(19-8-6-9-22(35-4)26(19)36-5)38-23(27(30)34)10-7-11-24(32)33/h6-9,11-14,23,25H,10,15-16H2,1-5H3,(H,32,33)/b11-7+/t23-,25-/m1/s1. The molecule has 0 saturated carbocycles. The second-order valence-electron chi connectivity index (χ2n) is 9.64. The highest BCUT2D eigenvalue weighted by atomic mass is 35.5. The summed E-state index contributed by atoms with van der Waals surface area (Å²) in [6, 6.07) is 10.5.